The molecule has 3 nitrogen and oxygen atoms in total. The van der Waals surface area contributed by atoms with Crippen LogP contribution in [0.25, 0.3) is 0 Å². The molecule has 1 rings (SSSR count). The third kappa shape index (κ3) is 4.25. The molecule has 0 aromatic heterocycles. The van der Waals surface area contributed by atoms with Crippen molar-refractivity contribution in [2.24, 2.45) is 0 Å². The molecule has 1 fully saturated rings. The first-order valence-corrected chi connectivity index (χ1v) is 7.43. The first-order chi connectivity index (χ1) is 7.06. The molecular weight excluding hydrogens is 228 g/mol. The van der Waals surface area contributed by atoms with Gasteiger partial charge in [-0.2, -0.15) is 23.5 Å². The lowest BCUT2D eigenvalue weighted by Crippen LogP contribution is -2.52. The van der Waals surface area contributed by atoms with Crippen LogP contribution >= 0.6 is 23.5 Å². The molecule has 0 spiro atoms. The van der Waals surface area contributed by atoms with Gasteiger partial charge >= 0.3 is 0 Å². The topological polar surface area (TPSA) is 41.1 Å². The van der Waals surface area contributed by atoms with Crippen molar-refractivity contribution >= 4 is 29.4 Å². The van der Waals surface area contributed by atoms with Crippen LogP contribution < -0.4 is 10.6 Å². The summed E-state index contributed by atoms with van der Waals surface area (Å²) in [6.07, 6.45) is 0. The fourth-order valence-electron chi connectivity index (χ4n) is 1.20. The minimum atomic E-state index is -0.466. The zero-order valence-corrected chi connectivity index (χ0v) is 11.3. The van der Waals surface area contributed by atoms with Gasteiger partial charge in [-0.3, -0.25) is 4.79 Å². The zero-order chi connectivity index (χ0) is 11.3. The van der Waals surface area contributed by atoms with Crippen molar-refractivity contribution in [3.63, 3.8) is 0 Å². The molecule has 0 aromatic rings. The summed E-state index contributed by atoms with van der Waals surface area (Å²) in [5, 5.41) is 6.60. The summed E-state index contributed by atoms with van der Waals surface area (Å²) < 4.78 is 0. The molecule has 1 aliphatic rings. The molecule has 15 heavy (non-hydrogen) atoms. The highest BCUT2D eigenvalue weighted by molar-refractivity contribution is 8.06. The van der Waals surface area contributed by atoms with Gasteiger partial charge in [-0.15, -0.1) is 0 Å². The van der Waals surface area contributed by atoms with Crippen LogP contribution in [0.5, 0.6) is 0 Å². The van der Waals surface area contributed by atoms with E-state index in [2.05, 4.69) is 10.6 Å². The Morgan fingerprint density at radius 1 is 1.47 bits per heavy atom. The predicted octanol–water partition coefficient (Wildman–Crippen LogP) is 0.949. The monoisotopic (exact) mass is 248 g/mol. The molecule has 1 amide bonds. The third-order valence-corrected chi connectivity index (χ3v) is 5.41. The number of nitrogens with one attached hydrogen (secondary N) is 2. The highest BCUT2D eigenvalue weighted by atomic mass is 32.2. The molecule has 1 atom stereocenters. The summed E-state index contributed by atoms with van der Waals surface area (Å²) in [6, 6.07) is 0. The maximum atomic E-state index is 11.7. The summed E-state index contributed by atoms with van der Waals surface area (Å²) >= 11 is 3.95. The van der Waals surface area contributed by atoms with E-state index < -0.39 is 5.54 Å². The van der Waals surface area contributed by atoms with E-state index in [4.69, 9.17) is 0 Å². The number of likely N-dealkylation sites (N-methyl/N-ethyl adjacent to an activating group) is 1. The lowest BCUT2D eigenvalue weighted by atomic mass is 10.1. The van der Waals surface area contributed by atoms with Crippen LogP contribution in [0, 0.1) is 0 Å². The Kier molecular flexibility index (Phi) is 5.29. The fraction of sp³-hybridized carbons (Fsp3) is 0.900. The van der Waals surface area contributed by atoms with Crippen LogP contribution in [0.2, 0.25) is 0 Å². The van der Waals surface area contributed by atoms with Crippen molar-refractivity contribution in [1.82, 2.24) is 10.6 Å². The van der Waals surface area contributed by atoms with E-state index in [1.807, 2.05) is 44.4 Å². The van der Waals surface area contributed by atoms with E-state index in [1.165, 1.54) is 11.5 Å². The van der Waals surface area contributed by atoms with Crippen LogP contribution in [0.4, 0.5) is 0 Å². The number of thioether (sulfide) groups is 2. The molecule has 88 valence electrons. The molecule has 5 heteroatoms. The molecule has 0 radical (unpaired) electrons. The van der Waals surface area contributed by atoms with Gasteiger partial charge in [-0.25, -0.2) is 0 Å². The van der Waals surface area contributed by atoms with Crippen LogP contribution in [0.3, 0.4) is 0 Å². The molecular formula is C10H20N2OS2. The van der Waals surface area contributed by atoms with Crippen molar-refractivity contribution in [1.29, 1.82) is 0 Å². The number of carbonyl (C=O) groups is 1. The fourth-order valence-corrected chi connectivity index (χ4v) is 3.81. The molecule has 1 unspecified atom stereocenters. The summed E-state index contributed by atoms with van der Waals surface area (Å²) in [6.45, 7) is 4.58. The molecule has 0 aromatic carbocycles. The van der Waals surface area contributed by atoms with E-state index in [9.17, 15) is 4.79 Å². The Labute approximate surface area is 101 Å². The van der Waals surface area contributed by atoms with Crippen molar-refractivity contribution in [2.75, 3.05) is 30.9 Å². The van der Waals surface area contributed by atoms with E-state index in [0.717, 1.165) is 12.3 Å². The predicted molar refractivity (Wildman–Crippen MR) is 69.7 cm³/mol. The largest absolute Gasteiger partial charge is 0.353 e. The van der Waals surface area contributed by atoms with E-state index >= 15 is 0 Å². The molecule has 1 aliphatic heterocycles. The zero-order valence-electron chi connectivity index (χ0n) is 9.63. The lowest BCUT2D eigenvalue weighted by Gasteiger charge is -2.26. The Morgan fingerprint density at radius 2 is 2.20 bits per heavy atom. The van der Waals surface area contributed by atoms with E-state index in [0.29, 0.717) is 5.25 Å². The first kappa shape index (κ1) is 13.2. The van der Waals surface area contributed by atoms with Gasteiger partial charge in [0.1, 0.15) is 0 Å². The van der Waals surface area contributed by atoms with Gasteiger partial charge in [0.05, 0.1) is 5.54 Å². The van der Waals surface area contributed by atoms with Gasteiger partial charge in [-0.1, -0.05) is 0 Å². The smallest absolute Gasteiger partial charge is 0.239 e. The van der Waals surface area contributed by atoms with E-state index in [-0.39, 0.29) is 5.91 Å². The average molecular weight is 248 g/mol. The van der Waals surface area contributed by atoms with Gasteiger partial charge in [0, 0.05) is 29.1 Å². The Bertz CT molecular complexity index is 215. The standard InChI is InChI=1S/C10H20N2OS2/c1-10(2,11-3)9(13)12-6-8-7-14-4-5-15-8/h8,11H,4-7H2,1-3H3,(H,12,13). The number of carbonyl (C=O) groups excluding carboxylic acids is 1. The van der Waals surface area contributed by atoms with Crippen molar-refractivity contribution in [3.05, 3.63) is 0 Å². The number of hydrogen-bond acceptors (Lipinski definition) is 4. The van der Waals surface area contributed by atoms with Crippen molar-refractivity contribution in [3.8, 4) is 0 Å². The second kappa shape index (κ2) is 6.01. The quantitative estimate of drug-likeness (QED) is 0.777. The maximum absolute atomic E-state index is 11.7. The lowest BCUT2D eigenvalue weighted by molar-refractivity contribution is -0.126. The highest BCUT2D eigenvalue weighted by Gasteiger charge is 2.25. The average Bonchev–Trinajstić information content (AvgIpc) is 2.27. The van der Waals surface area contributed by atoms with Gasteiger partial charge in [0.2, 0.25) is 5.91 Å². The van der Waals surface area contributed by atoms with Gasteiger partial charge in [-0.05, 0) is 20.9 Å². The summed E-state index contributed by atoms with van der Waals surface area (Å²) in [7, 11) is 1.81. The SMILES string of the molecule is CNC(C)(C)C(=O)NCC1CSCCS1. The van der Waals surface area contributed by atoms with Crippen LogP contribution in [-0.4, -0.2) is 47.5 Å². The van der Waals surface area contributed by atoms with Crippen LogP contribution in [0.15, 0.2) is 0 Å². The molecule has 0 bridgehead atoms. The second-order valence-corrected chi connectivity index (χ2v) is 6.71. The molecule has 0 saturated carbocycles. The number of rotatable bonds is 4. The third-order valence-electron chi connectivity index (χ3n) is 2.57. The highest BCUT2D eigenvalue weighted by Crippen LogP contribution is 2.23. The summed E-state index contributed by atoms with van der Waals surface area (Å²) in [4.78, 5) is 11.7. The molecule has 0 aliphatic carbocycles. The second-order valence-electron chi connectivity index (χ2n) is 4.15. The Balaban J connectivity index is 2.26. The van der Waals surface area contributed by atoms with Gasteiger partial charge in [0.25, 0.3) is 0 Å². The van der Waals surface area contributed by atoms with Crippen molar-refractivity contribution in [2.45, 2.75) is 24.6 Å². The minimum absolute atomic E-state index is 0.0844. The Hall–Kier alpha value is 0.130. The Morgan fingerprint density at radius 3 is 2.73 bits per heavy atom. The van der Waals surface area contributed by atoms with Gasteiger partial charge in [0.15, 0.2) is 0 Å². The first-order valence-electron chi connectivity index (χ1n) is 5.23. The van der Waals surface area contributed by atoms with E-state index in [1.54, 1.807) is 0 Å². The summed E-state index contributed by atoms with van der Waals surface area (Å²) in [5.74, 6) is 3.70. The molecule has 2 N–H and O–H groups in total. The molecule has 1 saturated heterocycles. The van der Waals surface area contributed by atoms with Crippen molar-refractivity contribution < 1.29 is 4.79 Å². The number of hydrogen-bond donors (Lipinski definition) is 2. The normalized spacial score (nSPS) is 22.5. The van der Waals surface area contributed by atoms with Crippen LogP contribution in [-0.2, 0) is 4.79 Å². The van der Waals surface area contributed by atoms with Gasteiger partial charge < -0.3 is 10.6 Å². The maximum Gasteiger partial charge on any atom is 0.239 e. The van der Waals surface area contributed by atoms with Crippen LogP contribution in [0.1, 0.15) is 13.8 Å². The molecule has 1 heterocycles. The number of amides is 1. The minimum Gasteiger partial charge on any atom is -0.353 e. The summed E-state index contributed by atoms with van der Waals surface area (Å²) in [5.41, 5.74) is -0.466.